The maximum absolute atomic E-state index is 12.4. The van der Waals surface area contributed by atoms with Gasteiger partial charge in [0, 0.05) is 44.1 Å². The van der Waals surface area contributed by atoms with Gasteiger partial charge in [0.05, 0.1) is 6.20 Å². The number of nitrogens with one attached hydrogen (secondary N) is 1. The summed E-state index contributed by atoms with van der Waals surface area (Å²) in [7, 11) is 4.05. The van der Waals surface area contributed by atoms with E-state index >= 15 is 0 Å². The van der Waals surface area contributed by atoms with Gasteiger partial charge in [-0.25, -0.2) is 0 Å². The highest BCUT2D eigenvalue weighted by Crippen LogP contribution is 2.26. The molecule has 10 nitrogen and oxygen atoms in total. The summed E-state index contributed by atoms with van der Waals surface area (Å²) in [5.41, 5.74) is 10.1. The maximum atomic E-state index is 12.4. The lowest BCUT2D eigenvalue weighted by molar-refractivity contribution is -0.118. The van der Waals surface area contributed by atoms with E-state index in [2.05, 4.69) is 40.1 Å². The van der Waals surface area contributed by atoms with Gasteiger partial charge in [-0.15, -0.1) is 0 Å². The van der Waals surface area contributed by atoms with Crippen LogP contribution in [0.25, 0.3) is 5.65 Å². The van der Waals surface area contributed by atoms with Crippen LogP contribution < -0.4 is 20.7 Å². The molecule has 0 aliphatic carbocycles. The normalized spacial score (nSPS) is 14.2. The fraction of sp³-hybridized carbons (Fsp3) is 0.455. The summed E-state index contributed by atoms with van der Waals surface area (Å²) in [5.74, 6) is 3.33. The van der Waals surface area contributed by atoms with Gasteiger partial charge >= 0.3 is 0 Å². The SMILES string of the molecule is CC(C)c1cnn2c(NCc3cccc(Oc4cccc(CC(=O)CCCN(C)C)c4)c3)nc(N3CCC(N)CC3)nc12. The second kappa shape index (κ2) is 14.0. The van der Waals surface area contributed by atoms with E-state index in [0.717, 1.165) is 67.0 Å². The second-order valence-corrected chi connectivity index (χ2v) is 12.0. The van der Waals surface area contributed by atoms with Crippen molar-refractivity contribution in [3.63, 3.8) is 0 Å². The van der Waals surface area contributed by atoms with Crippen molar-refractivity contribution in [2.45, 2.75) is 64.5 Å². The van der Waals surface area contributed by atoms with Gasteiger partial charge in [-0.3, -0.25) is 4.79 Å². The van der Waals surface area contributed by atoms with Crippen molar-refractivity contribution in [1.82, 2.24) is 24.5 Å². The Labute approximate surface area is 254 Å². The number of hydrogen-bond acceptors (Lipinski definition) is 9. The number of fused-ring (bicyclic) bond motifs is 1. The Hall–Kier alpha value is -4.02. The van der Waals surface area contributed by atoms with Gasteiger partial charge in [-0.2, -0.15) is 19.6 Å². The number of hydrogen-bond donors (Lipinski definition) is 2. The molecule has 0 amide bonds. The number of nitrogens with zero attached hydrogens (tertiary/aromatic N) is 6. The molecule has 0 bridgehead atoms. The van der Waals surface area contributed by atoms with Crippen LogP contribution in [0.15, 0.2) is 54.7 Å². The van der Waals surface area contributed by atoms with E-state index in [1.165, 1.54) is 0 Å². The van der Waals surface area contributed by atoms with Gasteiger partial charge in [0.15, 0.2) is 5.65 Å². The summed E-state index contributed by atoms with van der Waals surface area (Å²) in [4.78, 5) is 26.6. The Bertz CT molecular complexity index is 1520. The summed E-state index contributed by atoms with van der Waals surface area (Å²) in [6, 6.07) is 16.0. The van der Waals surface area contributed by atoms with E-state index in [1.807, 2.05) is 62.8 Å². The highest BCUT2D eigenvalue weighted by Gasteiger charge is 2.22. The average Bonchev–Trinajstić information content (AvgIpc) is 3.41. The lowest BCUT2D eigenvalue weighted by Crippen LogP contribution is -2.40. The molecule has 1 saturated heterocycles. The van der Waals surface area contributed by atoms with Crippen molar-refractivity contribution < 1.29 is 9.53 Å². The van der Waals surface area contributed by atoms with Crippen LogP contribution in [-0.4, -0.2) is 70.0 Å². The van der Waals surface area contributed by atoms with Crippen LogP contribution in [0.1, 0.15) is 62.1 Å². The van der Waals surface area contributed by atoms with Crippen LogP contribution in [0.5, 0.6) is 11.5 Å². The summed E-state index contributed by atoms with van der Waals surface area (Å²) < 4.78 is 8.00. The Morgan fingerprint density at radius 3 is 2.47 bits per heavy atom. The Kier molecular flexibility index (Phi) is 9.89. The molecule has 3 heterocycles. The number of carbonyl (C=O) groups excluding carboxylic acids is 1. The van der Waals surface area contributed by atoms with Gasteiger partial charge in [0.1, 0.15) is 17.3 Å². The molecular weight excluding hydrogens is 540 g/mol. The zero-order valence-corrected chi connectivity index (χ0v) is 25.8. The molecule has 4 aromatic rings. The molecule has 1 fully saturated rings. The molecule has 0 radical (unpaired) electrons. The van der Waals surface area contributed by atoms with Crippen molar-refractivity contribution in [2.75, 3.05) is 43.9 Å². The average molecular weight is 585 g/mol. The van der Waals surface area contributed by atoms with Crippen molar-refractivity contribution in [3.05, 3.63) is 71.4 Å². The molecule has 0 spiro atoms. The largest absolute Gasteiger partial charge is 0.457 e. The van der Waals surface area contributed by atoms with Crippen LogP contribution in [-0.2, 0) is 17.8 Å². The molecule has 2 aromatic heterocycles. The van der Waals surface area contributed by atoms with E-state index in [-0.39, 0.29) is 17.7 Å². The highest BCUT2D eigenvalue weighted by molar-refractivity contribution is 5.80. The summed E-state index contributed by atoms with van der Waals surface area (Å²) in [5, 5.41) is 8.11. The predicted molar refractivity (Wildman–Crippen MR) is 171 cm³/mol. The molecule has 3 N–H and O–H groups in total. The zero-order valence-electron chi connectivity index (χ0n) is 25.8. The molecular formula is C33H44N8O2. The topological polar surface area (TPSA) is 114 Å². The number of piperidine rings is 1. The summed E-state index contributed by atoms with van der Waals surface area (Å²) in [6.07, 6.45) is 5.61. The molecule has 228 valence electrons. The minimum absolute atomic E-state index is 0.233. The number of aromatic nitrogens is 4. The molecule has 1 aliphatic rings. The van der Waals surface area contributed by atoms with Crippen LogP contribution in [0, 0.1) is 0 Å². The molecule has 5 rings (SSSR count). The van der Waals surface area contributed by atoms with E-state index in [0.29, 0.717) is 37.0 Å². The van der Waals surface area contributed by atoms with Gasteiger partial charge in [0.25, 0.3) is 0 Å². The fourth-order valence-corrected chi connectivity index (χ4v) is 5.31. The first-order chi connectivity index (χ1) is 20.7. The first-order valence-electron chi connectivity index (χ1n) is 15.3. The molecule has 1 aliphatic heterocycles. The Morgan fingerprint density at radius 1 is 1.07 bits per heavy atom. The quantitative estimate of drug-likeness (QED) is 0.223. The zero-order chi connectivity index (χ0) is 30.3. The van der Waals surface area contributed by atoms with Crippen LogP contribution in [0.2, 0.25) is 0 Å². The lowest BCUT2D eigenvalue weighted by atomic mass is 10.1. The monoisotopic (exact) mass is 584 g/mol. The number of ether oxygens (including phenoxy) is 1. The summed E-state index contributed by atoms with van der Waals surface area (Å²) >= 11 is 0. The van der Waals surface area contributed by atoms with Gasteiger partial charge in [-0.1, -0.05) is 38.1 Å². The predicted octanol–water partition coefficient (Wildman–Crippen LogP) is 5.03. The van der Waals surface area contributed by atoms with E-state index in [1.54, 1.807) is 4.52 Å². The van der Waals surface area contributed by atoms with Gasteiger partial charge < -0.3 is 25.6 Å². The molecule has 0 unspecified atom stereocenters. The fourth-order valence-electron chi connectivity index (χ4n) is 5.31. The third kappa shape index (κ3) is 8.09. The van der Waals surface area contributed by atoms with Crippen LogP contribution in [0.4, 0.5) is 11.9 Å². The number of benzene rings is 2. The smallest absolute Gasteiger partial charge is 0.230 e. The van der Waals surface area contributed by atoms with E-state index in [4.69, 9.17) is 20.4 Å². The van der Waals surface area contributed by atoms with Crippen molar-refractivity contribution in [2.24, 2.45) is 5.73 Å². The Balaban J connectivity index is 1.27. The first-order valence-corrected chi connectivity index (χ1v) is 15.3. The third-order valence-electron chi connectivity index (χ3n) is 7.77. The first kappa shape index (κ1) is 30.4. The van der Waals surface area contributed by atoms with Gasteiger partial charge in [-0.05, 0) is 81.2 Å². The molecule has 2 aromatic carbocycles. The number of anilines is 2. The minimum Gasteiger partial charge on any atom is -0.457 e. The van der Waals surface area contributed by atoms with Gasteiger partial charge in [0.2, 0.25) is 11.9 Å². The third-order valence-corrected chi connectivity index (χ3v) is 7.77. The van der Waals surface area contributed by atoms with Crippen molar-refractivity contribution >= 4 is 23.3 Å². The number of ketones is 1. The second-order valence-electron chi connectivity index (χ2n) is 12.0. The molecule has 0 atom stereocenters. The van der Waals surface area contributed by atoms with Crippen LogP contribution in [0.3, 0.4) is 0 Å². The Morgan fingerprint density at radius 2 is 1.77 bits per heavy atom. The van der Waals surface area contributed by atoms with E-state index in [9.17, 15) is 4.79 Å². The highest BCUT2D eigenvalue weighted by atomic mass is 16.5. The molecule has 43 heavy (non-hydrogen) atoms. The maximum Gasteiger partial charge on any atom is 0.230 e. The van der Waals surface area contributed by atoms with Crippen LogP contribution >= 0.6 is 0 Å². The summed E-state index contributed by atoms with van der Waals surface area (Å²) in [6.45, 7) is 7.43. The van der Waals surface area contributed by atoms with Crippen molar-refractivity contribution in [1.29, 1.82) is 0 Å². The van der Waals surface area contributed by atoms with Crippen molar-refractivity contribution in [3.8, 4) is 11.5 Å². The number of nitrogens with two attached hydrogens (primary N) is 1. The standard InChI is InChI=1S/C33H44N8O2/c1-23(2)30-22-36-41-31(30)37-33(40-16-13-26(34)14-17-40)38-32(41)35-21-25-9-6-12-29(20-25)43-28-11-5-8-24(19-28)18-27(42)10-7-15-39(3)4/h5-6,8-9,11-12,19-20,22-23,26H,7,10,13-18,21,34H2,1-4H3,(H,35,37,38). The molecule has 10 heteroatoms. The number of rotatable bonds is 13. The number of Topliss-reactive ketones (excluding diaryl/α,β-unsaturated/α-hetero) is 1. The van der Waals surface area contributed by atoms with E-state index < -0.39 is 0 Å². The lowest BCUT2D eigenvalue weighted by Gasteiger charge is -2.30. The number of carbonyl (C=O) groups is 1. The molecule has 0 saturated carbocycles. The minimum atomic E-state index is 0.233.